The minimum Gasteiger partial charge on any atom is -0.476 e. The average molecular weight is 351 g/mol. The van der Waals surface area contributed by atoms with E-state index in [1.807, 2.05) is 0 Å². The number of aromatic carboxylic acids is 1. The number of hydrogen-bond donors (Lipinski definition) is 1. The van der Waals surface area contributed by atoms with E-state index in [-0.39, 0.29) is 11.5 Å². The van der Waals surface area contributed by atoms with Crippen LogP contribution in [0.25, 0.3) is 0 Å². The number of carboxylic acid groups (broad SMARTS) is 1. The summed E-state index contributed by atoms with van der Waals surface area (Å²) < 4.78 is 13.1. The molecule has 1 saturated heterocycles. The number of rotatable bonds is 4. The number of hydrogen-bond acceptors (Lipinski definition) is 5. The summed E-state index contributed by atoms with van der Waals surface area (Å²) in [7, 11) is 0. The fraction of sp³-hybridized carbons (Fsp3) is 0.312. The smallest absolute Gasteiger partial charge is 0.356 e. The summed E-state index contributed by atoms with van der Waals surface area (Å²) in [6, 6.07) is 4.45. The van der Waals surface area contributed by atoms with Crippen LogP contribution in [0.15, 0.2) is 30.6 Å². The Morgan fingerprint density at radius 2 is 1.96 bits per heavy atom. The lowest BCUT2D eigenvalue weighted by Crippen LogP contribution is -2.46. The van der Waals surface area contributed by atoms with Crippen LogP contribution >= 0.6 is 11.6 Å². The Balaban J connectivity index is 1.58. The summed E-state index contributed by atoms with van der Waals surface area (Å²) in [6.07, 6.45) is 2.75. The van der Waals surface area contributed by atoms with Crippen molar-refractivity contribution in [3.8, 4) is 0 Å². The van der Waals surface area contributed by atoms with Crippen LogP contribution in [0.1, 0.15) is 16.1 Å². The van der Waals surface area contributed by atoms with Crippen LogP contribution in [0.3, 0.4) is 0 Å². The van der Waals surface area contributed by atoms with Crippen LogP contribution in [0, 0.1) is 5.82 Å². The highest BCUT2D eigenvalue weighted by Crippen LogP contribution is 2.20. The van der Waals surface area contributed by atoms with Crippen LogP contribution in [0.4, 0.5) is 10.2 Å². The van der Waals surface area contributed by atoms with Gasteiger partial charge in [-0.1, -0.05) is 17.7 Å². The molecule has 3 rings (SSSR count). The third kappa shape index (κ3) is 3.80. The van der Waals surface area contributed by atoms with Crippen molar-refractivity contribution < 1.29 is 14.3 Å². The zero-order valence-corrected chi connectivity index (χ0v) is 13.6. The minimum atomic E-state index is -1.09. The first-order valence-corrected chi connectivity index (χ1v) is 7.87. The van der Waals surface area contributed by atoms with Crippen molar-refractivity contribution in [2.24, 2.45) is 0 Å². The first-order valence-electron chi connectivity index (χ1n) is 7.49. The average Bonchev–Trinajstić information content (AvgIpc) is 2.58. The van der Waals surface area contributed by atoms with Gasteiger partial charge in [-0.3, -0.25) is 4.90 Å². The second-order valence-electron chi connectivity index (χ2n) is 5.56. The van der Waals surface area contributed by atoms with E-state index >= 15 is 0 Å². The molecule has 0 unspecified atom stereocenters. The first kappa shape index (κ1) is 16.6. The fourth-order valence-electron chi connectivity index (χ4n) is 2.62. The highest BCUT2D eigenvalue weighted by Gasteiger charge is 2.19. The monoisotopic (exact) mass is 350 g/mol. The highest BCUT2D eigenvalue weighted by atomic mass is 35.5. The lowest BCUT2D eigenvalue weighted by Gasteiger charge is -2.35. The van der Waals surface area contributed by atoms with Gasteiger partial charge in [0.05, 0.1) is 12.4 Å². The van der Waals surface area contributed by atoms with Crippen LogP contribution in [-0.2, 0) is 6.54 Å². The molecule has 6 nitrogen and oxygen atoms in total. The summed E-state index contributed by atoms with van der Waals surface area (Å²) >= 11 is 6.07. The number of benzene rings is 1. The topological polar surface area (TPSA) is 69.6 Å². The Morgan fingerprint density at radius 1 is 1.21 bits per heavy atom. The second kappa shape index (κ2) is 7.11. The Hall–Kier alpha value is -2.25. The van der Waals surface area contributed by atoms with E-state index in [1.165, 1.54) is 24.5 Å². The van der Waals surface area contributed by atoms with Gasteiger partial charge >= 0.3 is 5.97 Å². The largest absolute Gasteiger partial charge is 0.476 e. The van der Waals surface area contributed by atoms with Crippen molar-refractivity contribution in [3.63, 3.8) is 0 Å². The molecule has 0 spiro atoms. The van der Waals surface area contributed by atoms with Gasteiger partial charge in [-0.2, -0.15) is 0 Å². The lowest BCUT2D eigenvalue weighted by atomic mass is 10.2. The first-order chi connectivity index (χ1) is 11.5. The number of carboxylic acids is 1. The van der Waals surface area contributed by atoms with Gasteiger partial charge in [-0.05, 0) is 17.7 Å². The number of anilines is 1. The van der Waals surface area contributed by atoms with E-state index in [2.05, 4.69) is 19.8 Å². The molecule has 126 valence electrons. The van der Waals surface area contributed by atoms with E-state index in [9.17, 15) is 9.18 Å². The molecule has 8 heteroatoms. The molecule has 0 amide bonds. The quantitative estimate of drug-likeness (QED) is 0.912. The van der Waals surface area contributed by atoms with Crippen molar-refractivity contribution in [1.29, 1.82) is 0 Å². The normalized spacial score (nSPS) is 15.5. The van der Waals surface area contributed by atoms with E-state index in [1.54, 1.807) is 6.07 Å². The predicted molar refractivity (Wildman–Crippen MR) is 87.9 cm³/mol. The second-order valence-corrected chi connectivity index (χ2v) is 5.97. The van der Waals surface area contributed by atoms with Crippen LogP contribution in [-0.4, -0.2) is 52.1 Å². The number of halogens is 2. The van der Waals surface area contributed by atoms with E-state index in [0.717, 1.165) is 31.7 Å². The summed E-state index contributed by atoms with van der Waals surface area (Å²) in [5, 5.41) is 9.28. The number of aromatic nitrogens is 2. The summed E-state index contributed by atoms with van der Waals surface area (Å²) in [6.45, 7) is 3.77. The van der Waals surface area contributed by atoms with Crippen LogP contribution in [0.2, 0.25) is 5.02 Å². The van der Waals surface area contributed by atoms with Gasteiger partial charge in [0.25, 0.3) is 0 Å². The maximum absolute atomic E-state index is 13.1. The molecule has 2 heterocycles. The Morgan fingerprint density at radius 3 is 2.54 bits per heavy atom. The van der Waals surface area contributed by atoms with Crippen LogP contribution < -0.4 is 4.90 Å². The Labute approximate surface area is 143 Å². The molecule has 1 aliphatic heterocycles. The molecular weight excluding hydrogens is 335 g/mol. The highest BCUT2D eigenvalue weighted by molar-refractivity contribution is 6.31. The zero-order chi connectivity index (χ0) is 17.1. The maximum Gasteiger partial charge on any atom is 0.356 e. The molecule has 0 atom stereocenters. The Bertz CT molecular complexity index is 733. The molecule has 2 aromatic rings. The van der Waals surface area contributed by atoms with Gasteiger partial charge in [0.15, 0.2) is 5.69 Å². The molecule has 1 aliphatic rings. The standard InChI is InChI=1S/C16H16ClFN4O2/c17-13-7-12(18)2-1-11(13)10-21-3-5-22(6-4-21)15-9-19-14(8-20-15)16(23)24/h1-2,7-9H,3-6,10H2,(H,23,24). The minimum absolute atomic E-state index is 0.0664. The third-order valence-electron chi connectivity index (χ3n) is 3.96. The molecule has 0 aliphatic carbocycles. The molecule has 1 N–H and O–H groups in total. The van der Waals surface area contributed by atoms with Gasteiger partial charge in [0.1, 0.15) is 11.6 Å². The van der Waals surface area contributed by atoms with Gasteiger partial charge in [-0.25, -0.2) is 19.2 Å². The van der Waals surface area contributed by atoms with Gasteiger partial charge in [0, 0.05) is 37.7 Å². The molecule has 0 saturated carbocycles. The van der Waals surface area contributed by atoms with Crippen molar-refractivity contribution in [3.05, 3.63) is 52.7 Å². The molecule has 1 fully saturated rings. The fourth-order valence-corrected chi connectivity index (χ4v) is 2.85. The van der Waals surface area contributed by atoms with Gasteiger partial charge in [-0.15, -0.1) is 0 Å². The molecule has 24 heavy (non-hydrogen) atoms. The lowest BCUT2D eigenvalue weighted by molar-refractivity contribution is 0.0690. The third-order valence-corrected chi connectivity index (χ3v) is 4.31. The molecule has 1 aromatic carbocycles. The number of nitrogens with zero attached hydrogens (tertiary/aromatic N) is 4. The van der Waals surface area contributed by atoms with E-state index < -0.39 is 5.97 Å². The molecule has 0 bridgehead atoms. The molecule has 0 radical (unpaired) electrons. The van der Waals surface area contributed by atoms with Crippen molar-refractivity contribution >= 4 is 23.4 Å². The van der Waals surface area contributed by atoms with E-state index in [0.29, 0.717) is 17.4 Å². The van der Waals surface area contributed by atoms with Crippen molar-refractivity contribution in [2.75, 3.05) is 31.1 Å². The van der Waals surface area contributed by atoms with Crippen LogP contribution in [0.5, 0.6) is 0 Å². The predicted octanol–water partition coefficient (Wildman–Crippen LogP) is 2.29. The van der Waals surface area contributed by atoms with E-state index in [4.69, 9.17) is 16.7 Å². The van der Waals surface area contributed by atoms with Crippen molar-refractivity contribution in [2.45, 2.75) is 6.54 Å². The SMILES string of the molecule is O=C(O)c1cnc(N2CCN(Cc3ccc(F)cc3Cl)CC2)cn1. The van der Waals surface area contributed by atoms with Gasteiger partial charge in [0.2, 0.25) is 0 Å². The molecular formula is C16H16ClFN4O2. The summed E-state index contributed by atoms with van der Waals surface area (Å²) in [5.74, 6) is -0.758. The zero-order valence-electron chi connectivity index (χ0n) is 12.8. The summed E-state index contributed by atoms with van der Waals surface area (Å²) in [5.41, 5.74) is 0.834. The number of carbonyl (C=O) groups is 1. The van der Waals surface area contributed by atoms with Gasteiger partial charge < -0.3 is 10.0 Å². The van der Waals surface area contributed by atoms with Crippen molar-refractivity contribution in [1.82, 2.24) is 14.9 Å². The number of piperazine rings is 1. The summed E-state index contributed by atoms with van der Waals surface area (Å²) in [4.78, 5) is 23.1. The Kier molecular flexibility index (Phi) is 4.92. The maximum atomic E-state index is 13.1. The molecule has 1 aromatic heterocycles.